The van der Waals surface area contributed by atoms with E-state index in [1.54, 1.807) is 0 Å². The smallest absolute Gasteiger partial charge is 0.192 e. The molecule has 2 aliphatic carbocycles. The molecule has 4 rings (SSSR count). The average Bonchev–Trinajstić information content (AvgIpc) is 2.98. The molecule has 0 saturated heterocycles. The predicted octanol–water partition coefficient (Wildman–Crippen LogP) is 7.22. The lowest BCUT2D eigenvalue weighted by Gasteiger charge is -2.48. The molecule has 0 unspecified atom stereocenters. The van der Waals surface area contributed by atoms with Gasteiger partial charge in [0.15, 0.2) is 8.32 Å². The van der Waals surface area contributed by atoms with Crippen molar-refractivity contribution < 1.29 is 4.43 Å². The fourth-order valence-corrected chi connectivity index (χ4v) is 6.48. The molecule has 1 fully saturated rings. The van der Waals surface area contributed by atoms with E-state index in [4.69, 9.17) is 4.43 Å². The zero-order valence-electron chi connectivity index (χ0n) is 18.4. The Morgan fingerprint density at radius 1 is 1.14 bits per heavy atom. The summed E-state index contributed by atoms with van der Waals surface area (Å²) in [6.07, 6.45) is 11.7. The van der Waals surface area contributed by atoms with Gasteiger partial charge < -0.3 is 4.43 Å². The van der Waals surface area contributed by atoms with E-state index in [1.807, 2.05) is 12.4 Å². The monoisotopic (exact) mass is 393 g/mol. The van der Waals surface area contributed by atoms with Gasteiger partial charge in [0.2, 0.25) is 0 Å². The lowest BCUT2D eigenvalue weighted by molar-refractivity contribution is 0.0277. The summed E-state index contributed by atoms with van der Waals surface area (Å²) in [5.41, 5.74) is 3.13. The summed E-state index contributed by atoms with van der Waals surface area (Å²) >= 11 is 0. The van der Waals surface area contributed by atoms with E-state index < -0.39 is 8.32 Å². The second kappa shape index (κ2) is 6.81. The summed E-state index contributed by atoms with van der Waals surface area (Å²) in [6.45, 7) is 14.3. The van der Waals surface area contributed by atoms with Crippen molar-refractivity contribution in [3.8, 4) is 0 Å². The highest BCUT2D eigenvalue weighted by atomic mass is 28.4. The number of nitrogens with zero attached hydrogens (tertiary/aromatic N) is 1. The Morgan fingerprint density at radius 3 is 2.68 bits per heavy atom. The lowest BCUT2D eigenvalue weighted by atomic mass is 9.64. The van der Waals surface area contributed by atoms with Crippen LogP contribution in [0.1, 0.15) is 58.9 Å². The molecule has 2 nitrogen and oxygen atoms in total. The molecule has 1 aromatic carbocycles. The van der Waals surface area contributed by atoms with Gasteiger partial charge in [-0.05, 0) is 77.4 Å². The number of rotatable bonds is 3. The summed E-state index contributed by atoms with van der Waals surface area (Å²) in [4.78, 5) is 4.32. The minimum atomic E-state index is -1.75. The molecule has 1 saturated carbocycles. The van der Waals surface area contributed by atoms with Crippen molar-refractivity contribution in [3.63, 3.8) is 0 Å². The first kappa shape index (κ1) is 19.8. The van der Waals surface area contributed by atoms with Crippen molar-refractivity contribution in [2.75, 3.05) is 0 Å². The second-order valence-electron chi connectivity index (χ2n) is 10.6. The van der Waals surface area contributed by atoms with E-state index in [0.29, 0.717) is 12.0 Å². The van der Waals surface area contributed by atoms with Gasteiger partial charge >= 0.3 is 0 Å². The third-order valence-corrected chi connectivity index (χ3v) is 12.4. The third-order valence-electron chi connectivity index (χ3n) is 7.85. The maximum atomic E-state index is 6.97. The largest absolute Gasteiger partial charge is 0.414 e. The number of hydrogen-bond acceptors (Lipinski definition) is 2. The first-order valence-corrected chi connectivity index (χ1v) is 13.8. The Balaban J connectivity index is 1.63. The summed E-state index contributed by atoms with van der Waals surface area (Å²) in [5.74, 6) is 0.606. The minimum Gasteiger partial charge on any atom is -0.414 e. The summed E-state index contributed by atoms with van der Waals surface area (Å²) in [7, 11) is -1.75. The van der Waals surface area contributed by atoms with Gasteiger partial charge in [-0.3, -0.25) is 4.98 Å². The average molecular weight is 394 g/mol. The van der Waals surface area contributed by atoms with Crippen LogP contribution in [-0.4, -0.2) is 19.4 Å². The van der Waals surface area contributed by atoms with E-state index in [-0.39, 0.29) is 10.5 Å². The predicted molar refractivity (Wildman–Crippen MR) is 122 cm³/mol. The van der Waals surface area contributed by atoms with Gasteiger partial charge in [-0.1, -0.05) is 52.3 Å². The van der Waals surface area contributed by atoms with Gasteiger partial charge in [0, 0.05) is 23.9 Å². The highest BCUT2D eigenvalue weighted by Gasteiger charge is 2.50. The van der Waals surface area contributed by atoms with Crippen molar-refractivity contribution in [2.24, 2.45) is 11.3 Å². The number of benzene rings is 1. The first-order valence-electron chi connectivity index (χ1n) is 10.8. The summed E-state index contributed by atoms with van der Waals surface area (Å²) in [6, 6.07) is 8.98. The topological polar surface area (TPSA) is 22.1 Å². The van der Waals surface area contributed by atoms with Crippen molar-refractivity contribution in [1.29, 1.82) is 0 Å². The van der Waals surface area contributed by atoms with E-state index in [2.05, 4.69) is 76.1 Å². The molecule has 1 heterocycles. The van der Waals surface area contributed by atoms with Crippen LogP contribution in [0.5, 0.6) is 0 Å². The van der Waals surface area contributed by atoms with Gasteiger partial charge in [0.1, 0.15) is 0 Å². The van der Waals surface area contributed by atoms with Crippen LogP contribution in [0.3, 0.4) is 0 Å². The number of hydrogen-bond donors (Lipinski definition) is 0. The standard InChI is InChI=1S/C25H35NOSi/c1-24(2,3)28(5,6)27-23-8-7-14-25(4)21(11-12-22(23)25)19-10-9-18-13-15-26-17-20(18)16-19/h9-11,13,15-17,22-23H,7-8,12,14H2,1-6H3/t22-,23-,25+/m0/s1. The highest BCUT2D eigenvalue weighted by Crippen LogP contribution is 2.57. The number of fused-ring (bicyclic) bond motifs is 2. The van der Waals surface area contributed by atoms with Crippen LogP contribution in [0.15, 0.2) is 42.7 Å². The molecule has 1 aromatic heterocycles. The Morgan fingerprint density at radius 2 is 1.93 bits per heavy atom. The first-order chi connectivity index (χ1) is 13.1. The lowest BCUT2D eigenvalue weighted by Crippen LogP contribution is -2.49. The number of allylic oxidation sites excluding steroid dienone is 2. The van der Waals surface area contributed by atoms with E-state index in [1.165, 1.54) is 41.2 Å². The normalized spacial score (nSPS) is 28.3. The van der Waals surface area contributed by atoms with E-state index >= 15 is 0 Å². The van der Waals surface area contributed by atoms with E-state index in [0.717, 1.165) is 6.42 Å². The van der Waals surface area contributed by atoms with Crippen LogP contribution < -0.4 is 0 Å². The van der Waals surface area contributed by atoms with Crippen LogP contribution in [0.25, 0.3) is 16.3 Å². The highest BCUT2D eigenvalue weighted by molar-refractivity contribution is 6.74. The molecule has 2 aromatic rings. The maximum Gasteiger partial charge on any atom is 0.192 e. The van der Waals surface area contributed by atoms with Crippen molar-refractivity contribution in [2.45, 2.75) is 77.6 Å². The molecule has 0 N–H and O–H groups in total. The molecule has 2 aliphatic rings. The van der Waals surface area contributed by atoms with Gasteiger partial charge in [-0.15, -0.1) is 0 Å². The zero-order chi connectivity index (χ0) is 20.2. The van der Waals surface area contributed by atoms with Crippen molar-refractivity contribution in [3.05, 3.63) is 48.3 Å². The Hall–Kier alpha value is -1.45. The second-order valence-corrected chi connectivity index (χ2v) is 15.4. The van der Waals surface area contributed by atoms with Crippen LogP contribution in [0.2, 0.25) is 18.1 Å². The van der Waals surface area contributed by atoms with Crippen molar-refractivity contribution in [1.82, 2.24) is 4.98 Å². The zero-order valence-corrected chi connectivity index (χ0v) is 19.4. The van der Waals surface area contributed by atoms with Crippen LogP contribution in [-0.2, 0) is 4.43 Å². The van der Waals surface area contributed by atoms with Gasteiger partial charge in [-0.25, -0.2) is 0 Å². The van der Waals surface area contributed by atoms with Gasteiger partial charge in [0.05, 0.1) is 0 Å². The molecular weight excluding hydrogens is 358 g/mol. The van der Waals surface area contributed by atoms with Crippen LogP contribution in [0, 0.1) is 11.3 Å². The van der Waals surface area contributed by atoms with E-state index in [9.17, 15) is 0 Å². The molecule has 28 heavy (non-hydrogen) atoms. The van der Waals surface area contributed by atoms with Crippen LogP contribution >= 0.6 is 0 Å². The maximum absolute atomic E-state index is 6.97. The van der Waals surface area contributed by atoms with Crippen molar-refractivity contribution >= 4 is 24.7 Å². The molecule has 0 spiro atoms. The van der Waals surface area contributed by atoms with Gasteiger partial charge in [-0.2, -0.15) is 0 Å². The number of aromatic nitrogens is 1. The third kappa shape index (κ3) is 3.27. The summed E-state index contributed by atoms with van der Waals surface area (Å²) in [5, 5.41) is 2.76. The molecule has 0 bridgehead atoms. The SMILES string of the molecule is CC(C)(C)[Si](C)(C)O[C@H]1CCC[C@]2(C)C(c3ccc4ccncc4c3)=CC[C@@H]12. The molecule has 0 amide bonds. The fraction of sp³-hybridized carbons (Fsp3) is 0.560. The van der Waals surface area contributed by atoms with Gasteiger partial charge in [0.25, 0.3) is 0 Å². The molecule has 150 valence electrons. The Bertz CT molecular complexity index is 910. The van der Waals surface area contributed by atoms with Crippen LogP contribution in [0.4, 0.5) is 0 Å². The molecule has 0 radical (unpaired) electrons. The Labute approximate surface area is 171 Å². The Kier molecular flexibility index (Phi) is 4.83. The molecular formula is C25H35NOSi. The number of pyridine rings is 1. The molecule has 3 heteroatoms. The molecule has 0 aliphatic heterocycles. The molecule has 3 atom stereocenters. The fourth-order valence-electron chi connectivity index (χ4n) is 5.09. The quantitative estimate of drug-likeness (QED) is 0.514. The summed E-state index contributed by atoms with van der Waals surface area (Å²) < 4.78 is 6.97. The minimum absolute atomic E-state index is 0.223.